The molecule has 0 atom stereocenters. The Morgan fingerprint density at radius 3 is 3.05 bits per heavy atom. The van der Waals surface area contributed by atoms with Gasteiger partial charge in [-0.3, -0.25) is 0 Å². The second kappa shape index (κ2) is 4.89. The molecular formula is C13H11FN4S. The van der Waals surface area contributed by atoms with Crippen LogP contribution >= 0.6 is 11.8 Å². The van der Waals surface area contributed by atoms with Gasteiger partial charge in [-0.05, 0) is 18.2 Å². The summed E-state index contributed by atoms with van der Waals surface area (Å²) in [6, 6.07) is 6.44. The van der Waals surface area contributed by atoms with Gasteiger partial charge in [0.2, 0.25) is 0 Å². The van der Waals surface area contributed by atoms with Gasteiger partial charge in [0, 0.05) is 24.3 Å². The van der Waals surface area contributed by atoms with Crippen molar-refractivity contribution in [3.05, 3.63) is 48.7 Å². The molecule has 0 aliphatic heterocycles. The number of hydrogen-bond donors (Lipinski definition) is 1. The van der Waals surface area contributed by atoms with E-state index in [4.69, 9.17) is 0 Å². The molecule has 0 spiro atoms. The van der Waals surface area contributed by atoms with E-state index >= 15 is 0 Å². The summed E-state index contributed by atoms with van der Waals surface area (Å²) in [5.74, 6) is 0.485. The SMILES string of the molecule is CNc1cn2ccnc2c(Sc2cccc(F)c2)n1. The first kappa shape index (κ1) is 12.0. The molecule has 1 N–H and O–H groups in total. The van der Waals surface area contributed by atoms with Crippen molar-refractivity contribution in [1.82, 2.24) is 14.4 Å². The monoisotopic (exact) mass is 274 g/mol. The zero-order chi connectivity index (χ0) is 13.2. The van der Waals surface area contributed by atoms with E-state index in [9.17, 15) is 4.39 Å². The Labute approximate surface area is 113 Å². The van der Waals surface area contributed by atoms with Gasteiger partial charge in [-0.15, -0.1) is 0 Å². The number of benzene rings is 1. The summed E-state index contributed by atoms with van der Waals surface area (Å²) >= 11 is 1.39. The van der Waals surface area contributed by atoms with Crippen LogP contribution in [0.1, 0.15) is 0 Å². The minimum absolute atomic E-state index is 0.255. The van der Waals surface area contributed by atoms with Gasteiger partial charge >= 0.3 is 0 Å². The van der Waals surface area contributed by atoms with Crippen molar-refractivity contribution < 1.29 is 4.39 Å². The van der Waals surface area contributed by atoms with Gasteiger partial charge in [-0.25, -0.2) is 14.4 Å². The van der Waals surface area contributed by atoms with Crippen molar-refractivity contribution in [2.75, 3.05) is 12.4 Å². The Balaban J connectivity index is 2.06. The summed E-state index contributed by atoms with van der Waals surface area (Å²) in [5, 5.41) is 3.74. The number of rotatable bonds is 3. The molecule has 0 saturated carbocycles. The molecule has 0 aliphatic rings. The van der Waals surface area contributed by atoms with Gasteiger partial charge in [0.15, 0.2) is 5.65 Å². The van der Waals surface area contributed by atoms with Crippen LogP contribution in [0.15, 0.2) is 52.8 Å². The van der Waals surface area contributed by atoms with E-state index in [0.717, 1.165) is 21.4 Å². The van der Waals surface area contributed by atoms with Crippen molar-refractivity contribution in [2.24, 2.45) is 0 Å². The lowest BCUT2D eigenvalue weighted by atomic mass is 10.4. The number of imidazole rings is 1. The Morgan fingerprint density at radius 1 is 1.37 bits per heavy atom. The van der Waals surface area contributed by atoms with Crippen LogP contribution in [0.5, 0.6) is 0 Å². The number of nitrogens with one attached hydrogen (secondary N) is 1. The third-order valence-corrected chi connectivity index (χ3v) is 3.57. The molecule has 0 bridgehead atoms. The Morgan fingerprint density at radius 2 is 2.26 bits per heavy atom. The lowest BCUT2D eigenvalue weighted by Crippen LogP contribution is -1.98. The van der Waals surface area contributed by atoms with Gasteiger partial charge < -0.3 is 9.72 Å². The maximum atomic E-state index is 13.2. The van der Waals surface area contributed by atoms with Crippen LogP contribution in [0.4, 0.5) is 10.2 Å². The number of anilines is 1. The minimum atomic E-state index is -0.255. The summed E-state index contributed by atoms with van der Waals surface area (Å²) in [6.45, 7) is 0. The lowest BCUT2D eigenvalue weighted by molar-refractivity contribution is 0.624. The molecule has 3 rings (SSSR count). The topological polar surface area (TPSA) is 42.2 Å². The van der Waals surface area contributed by atoms with Crippen LogP contribution in [-0.4, -0.2) is 21.4 Å². The molecule has 1 aromatic carbocycles. The Hall–Kier alpha value is -2.08. The van der Waals surface area contributed by atoms with Crippen molar-refractivity contribution in [3.8, 4) is 0 Å². The van der Waals surface area contributed by atoms with E-state index in [1.165, 1.54) is 23.9 Å². The summed E-state index contributed by atoms with van der Waals surface area (Å²) in [4.78, 5) is 9.53. The number of halogens is 1. The zero-order valence-electron chi connectivity index (χ0n) is 10.2. The van der Waals surface area contributed by atoms with Crippen LogP contribution < -0.4 is 5.32 Å². The smallest absolute Gasteiger partial charge is 0.170 e. The number of hydrogen-bond acceptors (Lipinski definition) is 4. The molecule has 3 aromatic rings. The average molecular weight is 274 g/mol. The number of nitrogens with zero attached hydrogens (tertiary/aromatic N) is 3. The molecule has 0 saturated heterocycles. The Bertz CT molecular complexity index is 725. The van der Waals surface area contributed by atoms with Gasteiger partial charge in [0.25, 0.3) is 0 Å². The highest BCUT2D eigenvalue weighted by molar-refractivity contribution is 7.99. The maximum absolute atomic E-state index is 13.2. The minimum Gasteiger partial charge on any atom is -0.372 e. The maximum Gasteiger partial charge on any atom is 0.170 e. The van der Waals surface area contributed by atoms with E-state index in [1.807, 2.05) is 29.9 Å². The third-order valence-electron chi connectivity index (χ3n) is 2.61. The largest absolute Gasteiger partial charge is 0.372 e. The van der Waals surface area contributed by atoms with Crippen LogP contribution in [0.3, 0.4) is 0 Å². The molecule has 0 aliphatic carbocycles. The van der Waals surface area contributed by atoms with E-state index in [2.05, 4.69) is 15.3 Å². The van der Waals surface area contributed by atoms with E-state index < -0.39 is 0 Å². The first-order valence-electron chi connectivity index (χ1n) is 5.71. The molecule has 0 amide bonds. The highest BCUT2D eigenvalue weighted by Crippen LogP contribution is 2.30. The third kappa shape index (κ3) is 2.39. The zero-order valence-corrected chi connectivity index (χ0v) is 11.0. The van der Waals surface area contributed by atoms with Crippen LogP contribution in [0.25, 0.3) is 5.65 Å². The summed E-state index contributed by atoms with van der Waals surface area (Å²) in [5.41, 5.74) is 0.758. The molecule has 2 heterocycles. The highest BCUT2D eigenvalue weighted by Gasteiger charge is 2.09. The van der Waals surface area contributed by atoms with Gasteiger partial charge in [-0.2, -0.15) is 0 Å². The molecule has 0 unspecified atom stereocenters. The Kier molecular flexibility index (Phi) is 3.08. The first-order chi connectivity index (χ1) is 9.26. The summed E-state index contributed by atoms with van der Waals surface area (Å²) < 4.78 is 15.1. The molecule has 96 valence electrons. The highest BCUT2D eigenvalue weighted by atomic mass is 32.2. The predicted octanol–water partition coefficient (Wildman–Crippen LogP) is 3.06. The van der Waals surface area contributed by atoms with Crippen molar-refractivity contribution in [2.45, 2.75) is 9.92 Å². The molecule has 2 aromatic heterocycles. The van der Waals surface area contributed by atoms with Gasteiger partial charge in [-0.1, -0.05) is 17.8 Å². The molecule has 4 nitrogen and oxygen atoms in total. The fraction of sp³-hybridized carbons (Fsp3) is 0.0769. The summed E-state index contributed by atoms with van der Waals surface area (Å²) in [7, 11) is 1.81. The standard InChI is InChI=1S/C13H11FN4S/c1-15-11-8-18-6-5-16-12(18)13(17-11)19-10-4-2-3-9(14)7-10/h2-8,15H,1H3. The van der Waals surface area contributed by atoms with E-state index in [1.54, 1.807) is 12.3 Å². The first-order valence-corrected chi connectivity index (χ1v) is 6.53. The molecule has 0 radical (unpaired) electrons. The lowest BCUT2D eigenvalue weighted by Gasteiger charge is -2.06. The van der Waals surface area contributed by atoms with E-state index in [-0.39, 0.29) is 5.82 Å². The van der Waals surface area contributed by atoms with Crippen molar-refractivity contribution in [3.63, 3.8) is 0 Å². The fourth-order valence-electron chi connectivity index (χ4n) is 1.73. The molecule has 19 heavy (non-hydrogen) atoms. The quantitative estimate of drug-likeness (QED) is 0.797. The number of fused-ring (bicyclic) bond motifs is 1. The van der Waals surface area contributed by atoms with E-state index in [0.29, 0.717) is 0 Å². The van der Waals surface area contributed by atoms with Gasteiger partial charge in [0.05, 0.1) is 6.20 Å². The van der Waals surface area contributed by atoms with Crippen molar-refractivity contribution in [1.29, 1.82) is 0 Å². The normalized spacial score (nSPS) is 10.8. The second-order valence-corrected chi connectivity index (χ2v) is 4.96. The predicted molar refractivity (Wildman–Crippen MR) is 73.1 cm³/mol. The summed E-state index contributed by atoms with van der Waals surface area (Å²) in [6.07, 6.45) is 5.43. The molecule has 6 heteroatoms. The molecular weight excluding hydrogens is 263 g/mol. The second-order valence-electron chi connectivity index (χ2n) is 3.90. The molecule has 0 fully saturated rings. The fourth-order valence-corrected chi connectivity index (χ4v) is 2.67. The number of aromatic nitrogens is 3. The average Bonchev–Trinajstić information content (AvgIpc) is 2.87. The van der Waals surface area contributed by atoms with Crippen LogP contribution in [0.2, 0.25) is 0 Å². The van der Waals surface area contributed by atoms with Gasteiger partial charge in [0.1, 0.15) is 16.7 Å². The van der Waals surface area contributed by atoms with Crippen molar-refractivity contribution >= 4 is 23.2 Å². The van der Waals surface area contributed by atoms with Crippen LogP contribution in [0, 0.1) is 5.82 Å². The van der Waals surface area contributed by atoms with Crippen LogP contribution in [-0.2, 0) is 0 Å².